The largest absolute Gasteiger partial charge is 0.462 e. The summed E-state index contributed by atoms with van der Waals surface area (Å²) in [5, 5.41) is 10.6. The summed E-state index contributed by atoms with van der Waals surface area (Å²) in [7, 11) is 0. The Balaban J connectivity index is 1.95. The molecule has 7 heteroatoms. The quantitative estimate of drug-likeness (QED) is 0.263. The minimum Gasteiger partial charge on any atom is -0.462 e. The van der Waals surface area contributed by atoms with E-state index in [4.69, 9.17) is 9.47 Å². The van der Waals surface area contributed by atoms with E-state index in [0.29, 0.717) is 11.1 Å². The zero-order chi connectivity index (χ0) is 18.2. The van der Waals surface area contributed by atoms with Crippen LogP contribution in [0.4, 0.5) is 5.69 Å². The predicted molar refractivity (Wildman–Crippen MR) is 90.2 cm³/mol. The predicted octanol–water partition coefficient (Wildman–Crippen LogP) is 3.39. The number of hydrogen-bond donors (Lipinski definition) is 0. The van der Waals surface area contributed by atoms with Crippen LogP contribution in [-0.4, -0.2) is 23.5 Å². The first kappa shape index (κ1) is 17.9. The van der Waals surface area contributed by atoms with Gasteiger partial charge >= 0.3 is 11.9 Å². The van der Waals surface area contributed by atoms with Crippen molar-refractivity contribution in [1.82, 2.24) is 0 Å². The summed E-state index contributed by atoms with van der Waals surface area (Å²) in [4.78, 5) is 33.4. The third-order valence-electron chi connectivity index (χ3n) is 3.10. The fourth-order valence-corrected chi connectivity index (χ4v) is 1.90. The molecule has 0 aliphatic carbocycles. The summed E-state index contributed by atoms with van der Waals surface area (Å²) in [5.41, 5.74) is 0.963. The van der Waals surface area contributed by atoms with Gasteiger partial charge in [0.05, 0.1) is 17.1 Å². The molecule has 2 aromatic rings. The second-order valence-corrected chi connectivity index (χ2v) is 4.85. The maximum Gasteiger partial charge on any atom is 0.338 e. The lowest BCUT2D eigenvalue weighted by atomic mass is 10.2. The summed E-state index contributed by atoms with van der Waals surface area (Å²) >= 11 is 0. The van der Waals surface area contributed by atoms with Crippen molar-refractivity contribution in [2.24, 2.45) is 0 Å². The van der Waals surface area contributed by atoms with Crippen LogP contribution >= 0.6 is 0 Å². The average Bonchev–Trinajstić information content (AvgIpc) is 2.61. The van der Waals surface area contributed by atoms with Crippen molar-refractivity contribution in [2.45, 2.75) is 6.92 Å². The molecule has 0 N–H and O–H groups in total. The molecule has 0 aliphatic heterocycles. The molecule has 0 radical (unpaired) electrons. The molecule has 0 atom stereocenters. The van der Waals surface area contributed by atoms with E-state index in [1.807, 2.05) is 0 Å². The third-order valence-corrected chi connectivity index (χ3v) is 3.10. The molecule has 25 heavy (non-hydrogen) atoms. The van der Waals surface area contributed by atoms with E-state index in [2.05, 4.69) is 0 Å². The van der Waals surface area contributed by atoms with Gasteiger partial charge in [-0.3, -0.25) is 10.1 Å². The fraction of sp³-hybridized carbons (Fsp3) is 0.111. The van der Waals surface area contributed by atoms with Crippen LogP contribution in [-0.2, 0) is 9.53 Å². The van der Waals surface area contributed by atoms with Crippen LogP contribution in [0, 0.1) is 10.1 Å². The number of nitro benzene ring substituents is 1. The Kier molecular flexibility index (Phi) is 6.00. The highest BCUT2D eigenvalue weighted by atomic mass is 16.6. The van der Waals surface area contributed by atoms with Gasteiger partial charge in [-0.1, -0.05) is 0 Å². The fourth-order valence-electron chi connectivity index (χ4n) is 1.90. The molecule has 0 saturated carbocycles. The van der Waals surface area contributed by atoms with Gasteiger partial charge in [0.15, 0.2) is 0 Å². The number of nitrogens with zero attached hydrogens (tertiary/aromatic N) is 1. The van der Waals surface area contributed by atoms with Gasteiger partial charge < -0.3 is 9.47 Å². The Hall–Kier alpha value is -3.48. The molecule has 0 aliphatic rings. The van der Waals surface area contributed by atoms with Crippen molar-refractivity contribution < 1.29 is 24.0 Å². The Morgan fingerprint density at radius 2 is 1.72 bits per heavy atom. The summed E-state index contributed by atoms with van der Waals surface area (Å²) in [6, 6.07) is 11.7. The second kappa shape index (κ2) is 8.39. The first-order valence-corrected chi connectivity index (χ1v) is 7.41. The third kappa shape index (κ3) is 5.28. The highest BCUT2D eigenvalue weighted by molar-refractivity contribution is 5.90. The van der Waals surface area contributed by atoms with Gasteiger partial charge in [-0.15, -0.1) is 0 Å². The van der Waals surface area contributed by atoms with E-state index >= 15 is 0 Å². The van der Waals surface area contributed by atoms with Crippen LogP contribution in [0.25, 0.3) is 6.08 Å². The normalized spacial score (nSPS) is 10.4. The SMILES string of the molecule is CCOC(=O)c1ccc(OC(=O)C=Cc2ccc([N+](=O)[O-])cc2)cc1. The standard InChI is InChI=1S/C18H15NO6/c1-2-24-18(21)14-6-10-16(11-7-14)25-17(20)12-5-13-3-8-15(9-4-13)19(22)23/h3-12H,2H2,1H3. The molecule has 0 spiro atoms. The van der Waals surface area contributed by atoms with E-state index in [9.17, 15) is 19.7 Å². The number of esters is 2. The molecule has 128 valence electrons. The Labute approximate surface area is 143 Å². The van der Waals surface area contributed by atoms with Gasteiger partial charge in [0.25, 0.3) is 5.69 Å². The number of benzene rings is 2. The van der Waals surface area contributed by atoms with Crippen LogP contribution in [0.15, 0.2) is 54.6 Å². The summed E-state index contributed by atoms with van der Waals surface area (Å²) in [6.45, 7) is 1.99. The van der Waals surface area contributed by atoms with Crippen molar-refractivity contribution in [3.8, 4) is 5.75 Å². The molecule has 0 heterocycles. The molecule has 0 aromatic heterocycles. The molecule has 0 fully saturated rings. The first-order valence-electron chi connectivity index (χ1n) is 7.41. The van der Waals surface area contributed by atoms with Gasteiger partial charge in [0.2, 0.25) is 0 Å². The smallest absolute Gasteiger partial charge is 0.338 e. The van der Waals surface area contributed by atoms with Crippen LogP contribution in [0.3, 0.4) is 0 Å². The molecule has 0 bridgehead atoms. The zero-order valence-electron chi connectivity index (χ0n) is 13.4. The Bertz CT molecular complexity index is 793. The summed E-state index contributed by atoms with van der Waals surface area (Å²) in [5.74, 6) is -0.771. The molecule has 2 aromatic carbocycles. The molecular formula is C18H15NO6. The van der Waals surface area contributed by atoms with E-state index in [0.717, 1.165) is 0 Å². The maximum absolute atomic E-state index is 11.8. The van der Waals surface area contributed by atoms with Crippen molar-refractivity contribution >= 4 is 23.7 Å². The van der Waals surface area contributed by atoms with Crippen molar-refractivity contribution in [2.75, 3.05) is 6.61 Å². The van der Waals surface area contributed by atoms with Gasteiger partial charge in [-0.2, -0.15) is 0 Å². The second-order valence-electron chi connectivity index (χ2n) is 4.85. The van der Waals surface area contributed by atoms with Crippen molar-refractivity contribution in [1.29, 1.82) is 0 Å². The minimum atomic E-state index is -0.609. The lowest BCUT2D eigenvalue weighted by molar-refractivity contribution is -0.384. The van der Waals surface area contributed by atoms with E-state index in [-0.39, 0.29) is 18.0 Å². The number of nitro groups is 1. The first-order chi connectivity index (χ1) is 12.0. The molecule has 0 amide bonds. The number of ether oxygens (including phenoxy) is 2. The highest BCUT2D eigenvalue weighted by Gasteiger charge is 2.07. The van der Waals surface area contributed by atoms with E-state index < -0.39 is 16.9 Å². The topological polar surface area (TPSA) is 95.7 Å². The lowest BCUT2D eigenvalue weighted by Crippen LogP contribution is -2.06. The minimum absolute atomic E-state index is 0.0265. The van der Waals surface area contributed by atoms with Gasteiger partial charge in [-0.05, 0) is 55.0 Å². The molecule has 0 unspecified atom stereocenters. The highest BCUT2D eigenvalue weighted by Crippen LogP contribution is 2.15. The maximum atomic E-state index is 11.8. The van der Waals surface area contributed by atoms with E-state index in [1.54, 1.807) is 6.92 Å². The molecule has 0 saturated heterocycles. The Morgan fingerprint density at radius 1 is 1.08 bits per heavy atom. The monoisotopic (exact) mass is 341 g/mol. The van der Waals surface area contributed by atoms with E-state index in [1.165, 1.54) is 60.7 Å². The van der Waals surface area contributed by atoms with Crippen LogP contribution in [0.1, 0.15) is 22.8 Å². The van der Waals surface area contributed by atoms with Crippen molar-refractivity contribution in [3.63, 3.8) is 0 Å². The van der Waals surface area contributed by atoms with Gasteiger partial charge in [-0.25, -0.2) is 9.59 Å². The molecule has 7 nitrogen and oxygen atoms in total. The average molecular weight is 341 g/mol. The number of carbonyl (C=O) groups excluding carboxylic acids is 2. The summed E-state index contributed by atoms with van der Waals surface area (Å²) < 4.78 is 9.97. The number of non-ortho nitro benzene ring substituents is 1. The van der Waals surface area contributed by atoms with Gasteiger partial charge in [0, 0.05) is 18.2 Å². The Morgan fingerprint density at radius 3 is 2.28 bits per heavy atom. The molecule has 2 rings (SSSR count). The van der Waals surface area contributed by atoms with Crippen molar-refractivity contribution in [3.05, 3.63) is 75.8 Å². The molecular weight excluding hydrogens is 326 g/mol. The van der Waals surface area contributed by atoms with Crippen LogP contribution in [0.5, 0.6) is 5.75 Å². The number of hydrogen-bond acceptors (Lipinski definition) is 6. The van der Waals surface area contributed by atoms with Crippen LogP contribution in [0.2, 0.25) is 0 Å². The zero-order valence-corrected chi connectivity index (χ0v) is 13.4. The number of carbonyl (C=O) groups is 2. The van der Waals surface area contributed by atoms with Crippen LogP contribution < -0.4 is 4.74 Å². The number of rotatable bonds is 6. The lowest BCUT2D eigenvalue weighted by Gasteiger charge is -2.04. The van der Waals surface area contributed by atoms with Gasteiger partial charge in [0.1, 0.15) is 5.75 Å². The summed E-state index contributed by atoms with van der Waals surface area (Å²) in [6.07, 6.45) is 2.69.